The number of para-hydroxylation sites is 2. The number of aromatic nitrogens is 2. The molecule has 4 aromatic rings. The van der Waals surface area contributed by atoms with E-state index in [4.69, 9.17) is 9.15 Å². The third-order valence-electron chi connectivity index (χ3n) is 4.74. The highest BCUT2D eigenvalue weighted by molar-refractivity contribution is 6.02. The summed E-state index contributed by atoms with van der Waals surface area (Å²) in [5, 5.41) is 2.80. The lowest BCUT2D eigenvalue weighted by molar-refractivity contribution is 0.0991. The van der Waals surface area contributed by atoms with E-state index in [1.165, 1.54) is 5.56 Å². The van der Waals surface area contributed by atoms with Gasteiger partial charge in [-0.1, -0.05) is 37.6 Å². The zero-order valence-electron chi connectivity index (χ0n) is 16.5. The summed E-state index contributed by atoms with van der Waals surface area (Å²) in [7, 11) is 1.86. The Bertz CT molecular complexity index is 1130. The van der Waals surface area contributed by atoms with Crippen LogP contribution in [0.1, 0.15) is 35.2 Å². The summed E-state index contributed by atoms with van der Waals surface area (Å²) >= 11 is 0. The first-order valence-electron chi connectivity index (χ1n) is 9.67. The molecule has 0 saturated carbocycles. The van der Waals surface area contributed by atoms with Gasteiger partial charge in [0.15, 0.2) is 5.76 Å². The molecule has 4 rings (SSSR count). The van der Waals surface area contributed by atoms with Gasteiger partial charge in [-0.05, 0) is 48.4 Å². The third-order valence-corrected chi connectivity index (χ3v) is 4.74. The van der Waals surface area contributed by atoms with Crippen molar-refractivity contribution in [2.75, 3.05) is 5.32 Å². The van der Waals surface area contributed by atoms with Crippen molar-refractivity contribution in [2.24, 2.45) is 7.05 Å². The van der Waals surface area contributed by atoms with Gasteiger partial charge in [0.1, 0.15) is 18.1 Å². The van der Waals surface area contributed by atoms with Crippen LogP contribution in [0.25, 0.3) is 11.0 Å². The van der Waals surface area contributed by atoms with Crippen LogP contribution < -0.4 is 10.1 Å². The Morgan fingerprint density at radius 3 is 2.66 bits per heavy atom. The molecule has 6 nitrogen and oxygen atoms in total. The molecule has 0 spiro atoms. The summed E-state index contributed by atoms with van der Waals surface area (Å²) in [5.41, 5.74) is 3.06. The number of anilines is 1. The summed E-state index contributed by atoms with van der Waals surface area (Å²) in [5.74, 6) is 1.69. The molecule has 0 aliphatic rings. The first-order chi connectivity index (χ1) is 14.1. The molecule has 0 aliphatic heterocycles. The minimum Gasteiger partial charge on any atom is -0.486 e. The lowest BCUT2D eigenvalue weighted by atomic mass is 10.1. The van der Waals surface area contributed by atoms with Gasteiger partial charge in [-0.15, -0.1) is 0 Å². The molecule has 0 unspecified atom stereocenters. The maximum Gasteiger partial charge on any atom is 0.293 e. The van der Waals surface area contributed by atoms with Crippen molar-refractivity contribution in [2.45, 2.75) is 26.4 Å². The Morgan fingerprint density at radius 1 is 1.10 bits per heavy atom. The Hall–Kier alpha value is -3.54. The van der Waals surface area contributed by atoms with Gasteiger partial charge in [0, 0.05) is 7.05 Å². The van der Waals surface area contributed by atoms with Gasteiger partial charge in [-0.3, -0.25) is 10.1 Å². The fourth-order valence-electron chi connectivity index (χ4n) is 3.19. The quantitative estimate of drug-likeness (QED) is 0.485. The number of imidazole rings is 1. The molecule has 0 atom stereocenters. The molecule has 6 heteroatoms. The monoisotopic (exact) mass is 389 g/mol. The van der Waals surface area contributed by atoms with E-state index in [2.05, 4.69) is 29.4 Å². The van der Waals surface area contributed by atoms with E-state index in [9.17, 15) is 4.79 Å². The number of hydrogen-bond acceptors (Lipinski definition) is 4. The predicted octanol–water partition coefficient (Wildman–Crippen LogP) is 4.95. The number of nitrogens with one attached hydrogen (secondary N) is 1. The largest absolute Gasteiger partial charge is 0.486 e. The minimum absolute atomic E-state index is 0.217. The van der Waals surface area contributed by atoms with Crippen LogP contribution >= 0.6 is 0 Å². The number of furan rings is 1. The number of benzene rings is 2. The molecule has 0 bridgehead atoms. The van der Waals surface area contributed by atoms with Gasteiger partial charge >= 0.3 is 0 Å². The first kappa shape index (κ1) is 18.8. The van der Waals surface area contributed by atoms with E-state index in [0.29, 0.717) is 11.7 Å². The van der Waals surface area contributed by atoms with Gasteiger partial charge in [0.2, 0.25) is 5.95 Å². The Kier molecular flexibility index (Phi) is 5.33. The number of rotatable bonds is 7. The number of hydrogen-bond donors (Lipinski definition) is 1. The van der Waals surface area contributed by atoms with Crippen LogP contribution in [0.3, 0.4) is 0 Å². The van der Waals surface area contributed by atoms with Crippen molar-refractivity contribution in [3.63, 3.8) is 0 Å². The number of fused-ring (bicyclic) bond motifs is 1. The SMILES string of the molecule is CCCc1ccc(OCc2ccc(C(=O)Nc3nc4ccccc4n3C)o2)cc1. The maximum absolute atomic E-state index is 12.5. The van der Waals surface area contributed by atoms with Crippen LogP contribution in [0.2, 0.25) is 0 Å². The molecule has 2 heterocycles. The number of nitrogens with zero attached hydrogens (tertiary/aromatic N) is 2. The van der Waals surface area contributed by atoms with Gasteiger partial charge in [-0.25, -0.2) is 4.98 Å². The van der Waals surface area contributed by atoms with Gasteiger partial charge in [0.05, 0.1) is 11.0 Å². The van der Waals surface area contributed by atoms with E-state index in [-0.39, 0.29) is 18.3 Å². The highest BCUT2D eigenvalue weighted by Gasteiger charge is 2.15. The van der Waals surface area contributed by atoms with Crippen LogP contribution in [0.15, 0.2) is 65.1 Å². The van der Waals surface area contributed by atoms with Crippen LogP contribution in [0.5, 0.6) is 5.75 Å². The van der Waals surface area contributed by atoms with Crippen LogP contribution in [0, 0.1) is 0 Å². The van der Waals surface area contributed by atoms with Crippen molar-refractivity contribution >= 4 is 22.9 Å². The highest BCUT2D eigenvalue weighted by atomic mass is 16.5. The predicted molar refractivity (Wildman–Crippen MR) is 112 cm³/mol. The average Bonchev–Trinajstić information content (AvgIpc) is 3.33. The lowest BCUT2D eigenvalue weighted by Gasteiger charge is -2.06. The molecule has 2 aromatic heterocycles. The smallest absolute Gasteiger partial charge is 0.293 e. The van der Waals surface area contributed by atoms with Crippen LogP contribution in [0.4, 0.5) is 5.95 Å². The molecule has 0 aliphatic carbocycles. The Labute approximate surface area is 169 Å². The molecule has 1 N–H and O–H groups in total. The normalized spacial score (nSPS) is 11.0. The third kappa shape index (κ3) is 4.16. The zero-order valence-corrected chi connectivity index (χ0v) is 16.5. The lowest BCUT2D eigenvalue weighted by Crippen LogP contribution is -2.14. The molecule has 0 fully saturated rings. The number of carbonyl (C=O) groups is 1. The summed E-state index contributed by atoms with van der Waals surface area (Å²) in [6.07, 6.45) is 2.17. The highest BCUT2D eigenvalue weighted by Crippen LogP contribution is 2.20. The van der Waals surface area contributed by atoms with Gasteiger partial charge in [-0.2, -0.15) is 0 Å². The van der Waals surface area contributed by atoms with Crippen molar-refractivity contribution in [3.8, 4) is 5.75 Å². The fraction of sp³-hybridized carbons (Fsp3) is 0.217. The molecule has 29 heavy (non-hydrogen) atoms. The van der Waals surface area contributed by atoms with Crippen molar-refractivity contribution in [1.29, 1.82) is 0 Å². The van der Waals surface area contributed by atoms with Crippen molar-refractivity contribution < 1.29 is 13.9 Å². The first-order valence-corrected chi connectivity index (χ1v) is 9.67. The summed E-state index contributed by atoms with van der Waals surface area (Å²) < 4.78 is 13.2. The molecule has 0 radical (unpaired) electrons. The van der Waals surface area contributed by atoms with E-state index in [0.717, 1.165) is 29.6 Å². The van der Waals surface area contributed by atoms with E-state index in [1.807, 2.05) is 48.0 Å². The molecule has 1 amide bonds. The fourth-order valence-corrected chi connectivity index (χ4v) is 3.19. The van der Waals surface area contributed by atoms with E-state index < -0.39 is 0 Å². The van der Waals surface area contributed by atoms with Crippen molar-refractivity contribution in [1.82, 2.24) is 9.55 Å². The Morgan fingerprint density at radius 2 is 1.90 bits per heavy atom. The summed E-state index contributed by atoms with van der Waals surface area (Å²) in [6.45, 7) is 2.41. The second-order valence-electron chi connectivity index (χ2n) is 6.89. The number of ether oxygens (including phenoxy) is 1. The summed E-state index contributed by atoms with van der Waals surface area (Å²) in [6, 6.07) is 19.1. The average molecular weight is 389 g/mol. The Balaban J connectivity index is 1.39. The standard InChI is InChI=1S/C23H23N3O3/c1-3-6-16-9-11-17(12-10-16)28-15-18-13-14-21(29-18)22(27)25-23-24-19-7-4-5-8-20(19)26(23)2/h4-5,7-14H,3,6,15H2,1-2H3,(H,24,25,27). The minimum atomic E-state index is -0.349. The van der Waals surface area contributed by atoms with Crippen LogP contribution in [-0.4, -0.2) is 15.5 Å². The molecule has 2 aromatic carbocycles. The number of aryl methyl sites for hydroxylation is 2. The summed E-state index contributed by atoms with van der Waals surface area (Å²) in [4.78, 5) is 17.0. The van der Waals surface area contributed by atoms with Crippen LogP contribution in [-0.2, 0) is 20.1 Å². The molecule has 148 valence electrons. The van der Waals surface area contributed by atoms with Gasteiger partial charge in [0.25, 0.3) is 5.91 Å². The van der Waals surface area contributed by atoms with Crippen molar-refractivity contribution in [3.05, 3.63) is 77.7 Å². The molecule has 0 saturated heterocycles. The van der Waals surface area contributed by atoms with Gasteiger partial charge < -0.3 is 13.7 Å². The topological polar surface area (TPSA) is 69.3 Å². The molecular weight excluding hydrogens is 366 g/mol. The maximum atomic E-state index is 12.5. The number of carbonyl (C=O) groups excluding carboxylic acids is 1. The number of amides is 1. The van der Waals surface area contributed by atoms with E-state index in [1.54, 1.807) is 12.1 Å². The van der Waals surface area contributed by atoms with E-state index >= 15 is 0 Å². The second kappa shape index (κ2) is 8.22. The zero-order chi connectivity index (χ0) is 20.2. The second-order valence-corrected chi connectivity index (χ2v) is 6.89. The molecular formula is C23H23N3O3.